The minimum absolute atomic E-state index is 0. The Morgan fingerprint density at radius 1 is 1.08 bits per heavy atom. The van der Waals surface area contributed by atoms with Gasteiger partial charge in [-0.05, 0) is 36.8 Å². The van der Waals surface area contributed by atoms with Crippen LogP contribution in [0.1, 0.15) is 13.3 Å². The second-order valence-electron chi connectivity index (χ2n) is 5.13. The third-order valence-electron chi connectivity index (χ3n) is 3.43. The van der Waals surface area contributed by atoms with Crippen LogP contribution in [0.2, 0.25) is 10.0 Å². The van der Waals surface area contributed by atoms with E-state index in [9.17, 15) is 0 Å². The van der Waals surface area contributed by atoms with Crippen molar-refractivity contribution in [1.29, 1.82) is 0 Å². The van der Waals surface area contributed by atoms with Crippen molar-refractivity contribution >= 4 is 52.6 Å². The lowest BCUT2D eigenvalue weighted by atomic mass is 10.1. The zero-order valence-electron chi connectivity index (χ0n) is 13.1. The molecule has 3 rings (SSSR count). The number of benzene rings is 2. The first kappa shape index (κ1) is 19.1. The summed E-state index contributed by atoms with van der Waals surface area (Å²) in [5.74, 6) is 0. The van der Waals surface area contributed by atoms with E-state index in [0.717, 1.165) is 34.7 Å². The molecule has 0 radical (unpaired) electrons. The summed E-state index contributed by atoms with van der Waals surface area (Å²) in [5.41, 5.74) is 3.01. The molecule has 0 atom stereocenters. The van der Waals surface area contributed by atoms with Crippen LogP contribution in [0.15, 0.2) is 58.9 Å². The Morgan fingerprint density at radius 2 is 1.83 bits per heavy atom. The zero-order valence-corrected chi connectivity index (χ0v) is 16.2. The molecule has 3 aromatic rings. The molecule has 0 aliphatic carbocycles. The number of para-hydroxylation sites is 1. The van der Waals surface area contributed by atoms with Gasteiger partial charge in [0.15, 0.2) is 4.80 Å². The van der Waals surface area contributed by atoms with Crippen molar-refractivity contribution in [1.82, 2.24) is 4.57 Å². The van der Waals surface area contributed by atoms with E-state index < -0.39 is 0 Å². The van der Waals surface area contributed by atoms with Gasteiger partial charge in [0.05, 0.1) is 16.4 Å². The Bertz CT molecular complexity index is 869. The van der Waals surface area contributed by atoms with Crippen LogP contribution in [-0.2, 0) is 6.54 Å². The van der Waals surface area contributed by atoms with E-state index in [1.807, 2.05) is 42.5 Å². The lowest BCUT2D eigenvalue weighted by molar-refractivity contribution is 0.667. The summed E-state index contributed by atoms with van der Waals surface area (Å²) >= 11 is 14.0. The van der Waals surface area contributed by atoms with Crippen molar-refractivity contribution in [2.24, 2.45) is 4.99 Å². The van der Waals surface area contributed by atoms with Crippen molar-refractivity contribution in [3.05, 3.63) is 68.8 Å². The molecule has 24 heavy (non-hydrogen) atoms. The van der Waals surface area contributed by atoms with Crippen LogP contribution < -0.4 is 4.80 Å². The predicted octanol–water partition coefficient (Wildman–Crippen LogP) is 6.59. The molecule has 6 heteroatoms. The number of rotatable bonds is 4. The smallest absolute Gasteiger partial charge is 0.190 e. The van der Waals surface area contributed by atoms with Crippen LogP contribution in [-0.4, -0.2) is 4.57 Å². The molecule has 0 N–H and O–H groups in total. The molecule has 0 unspecified atom stereocenters. The minimum Gasteiger partial charge on any atom is -0.316 e. The van der Waals surface area contributed by atoms with Crippen molar-refractivity contribution < 1.29 is 0 Å². The van der Waals surface area contributed by atoms with Crippen LogP contribution in [0.3, 0.4) is 0 Å². The summed E-state index contributed by atoms with van der Waals surface area (Å²) in [6.07, 6.45) is 1.02. The first-order chi connectivity index (χ1) is 11.2. The normalized spacial score (nSPS) is 11.4. The molecule has 126 valence electrons. The monoisotopic (exact) mass is 398 g/mol. The summed E-state index contributed by atoms with van der Waals surface area (Å²) in [6.45, 7) is 3.05. The van der Waals surface area contributed by atoms with Gasteiger partial charge < -0.3 is 4.57 Å². The number of thiazole rings is 1. The minimum atomic E-state index is 0. The van der Waals surface area contributed by atoms with E-state index in [0.29, 0.717) is 10.0 Å². The summed E-state index contributed by atoms with van der Waals surface area (Å²) in [6, 6.07) is 15.6. The molecule has 0 aliphatic heterocycles. The van der Waals surface area contributed by atoms with Crippen LogP contribution in [0.4, 0.5) is 5.69 Å². The van der Waals surface area contributed by atoms with Gasteiger partial charge in [-0.1, -0.05) is 48.3 Å². The Hall–Kier alpha value is -1.26. The fraction of sp³-hybridized carbons (Fsp3) is 0.167. The van der Waals surface area contributed by atoms with E-state index in [4.69, 9.17) is 28.2 Å². The largest absolute Gasteiger partial charge is 0.316 e. The third kappa shape index (κ3) is 4.22. The molecule has 2 aromatic carbocycles. The highest BCUT2D eigenvalue weighted by Gasteiger charge is 2.11. The van der Waals surface area contributed by atoms with Gasteiger partial charge in [0.1, 0.15) is 0 Å². The summed E-state index contributed by atoms with van der Waals surface area (Å²) in [5, 5.41) is 3.41. The van der Waals surface area contributed by atoms with Gasteiger partial charge in [0.2, 0.25) is 0 Å². The molecule has 0 bridgehead atoms. The van der Waals surface area contributed by atoms with E-state index in [1.54, 1.807) is 17.4 Å². The molecule has 0 saturated carbocycles. The lowest BCUT2D eigenvalue weighted by Crippen LogP contribution is -2.15. The van der Waals surface area contributed by atoms with E-state index in [1.165, 1.54) is 0 Å². The summed E-state index contributed by atoms with van der Waals surface area (Å²) < 4.78 is 2.22. The van der Waals surface area contributed by atoms with Gasteiger partial charge >= 0.3 is 0 Å². The maximum atomic E-state index is 6.38. The quantitative estimate of drug-likeness (QED) is 0.471. The van der Waals surface area contributed by atoms with Crippen molar-refractivity contribution in [3.63, 3.8) is 0 Å². The Morgan fingerprint density at radius 3 is 2.50 bits per heavy atom. The summed E-state index contributed by atoms with van der Waals surface area (Å²) in [4.78, 5) is 5.74. The SMILES string of the molecule is CCCn1c(-c2ccc(Cl)cc2Cl)csc1=Nc1ccccc1.Cl. The number of hydrogen-bond donors (Lipinski definition) is 0. The average molecular weight is 400 g/mol. The van der Waals surface area contributed by atoms with Gasteiger partial charge in [-0.25, -0.2) is 4.99 Å². The lowest BCUT2D eigenvalue weighted by Gasteiger charge is -2.09. The van der Waals surface area contributed by atoms with Gasteiger partial charge in [0, 0.05) is 22.5 Å². The molecule has 2 nitrogen and oxygen atoms in total. The standard InChI is InChI=1S/C18H16Cl2N2S.ClH/c1-2-10-22-17(15-9-8-13(19)11-16(15)20)12-23-18(22)21-14-6-4-3-5-7-14;/h3-9,11-12H,2,10H2,1H3;1H. The van der Waals surface area contributed by atoms with Gasteiger partial charge in [0.25, 0.3) is 0 Å². The van der Waals surface area contributed by atoms with Crippen LogP contribution in [0.25, 0.3) is 11.3 Å². The van der Waals surface area contributed by atoms with E-state index >= 15 is 0 Å². The first-order valence-corrected chi connectivity index (χ1v) is 9.06. The molecule has 0 spiro atoms. The Balaban J connectivity index is 0.00000208. The van der Waals surface area contributed by atoms with Crippen LogP contribution in [0.5, 0.6) is 0 Å². The molecule has 0 fully saturated rings. The third-order valence-corrected chi connectivity index (χ3v) is 4.84. The van der Waals surface area contributed by atoms with Gasteiger partial charge in [-0.2, -0.15) is 0 Å². The van der Waals surface area contributed by atoms with Gasteiger partial charge in [-0.15, -0.1) is 23.7 Å². The van der Waals surface area contributed by atoms with Crippen molar-refractivity contribution in [3.8, 4) is 11.3 Å². The maximum Gasteiger partial charge on any atom is 0.190 e. The molecule has 1 heterocycles. The average Bonchev–Trinajstić information content (AvgIpc) is 2.92. The fourth-order valence-electron chi connectivity index (χ4n) is 2.38. The van der Waals surface area contributed by atoms with E-state index in [-0.39, 0.29) is 12.4 Å². The predicted molar refractivity (Wildman–Crippen MR) is 107 cm³/mol. The maximum absolute atomic E-state index is 6.38. The number of nitrogens with zero attached hydrogens (tertiary/aromatic N) is 2. The molecule has 1 aromatic heterocycles. The van der Waals surface area contributed by atoms with Crippen LogP contribution >= 0.6 is 46.9 Å². The van der Waals surface area contributed by atoms with Crippen LogP contribution in [0, 0.1) is 0 Å². The second kappa shape index (κ2) is 8.72. The molecular formula is C18H17Cl3N2S. The number of aromatic nitrogens is 1. The fourth-order valence-corrected chi connectivity index (χ4v) is 3.84. The van der Waals surface area contributed by atoms with Crippen molar-refractivity contribution in [2.45, 2.75) is 19.9 Å². The van der Waals surface area contributed by atoms with Gasteiger partial charge in [-0.3, -0.25) is 0 Å². The van der Waals surface area contributed by atoms with Crippen molar-refractivity contribution in [2.75, 3.05) is 0 Å². The number of halogens is 3. The topological polar surface area (TPSA) is 17.3 Å². The first-order valence-electron chi connectivity index (χ1n) is 7.42. The Kier molecular flexibility index (Phi) is 6.93. The highest BCUT2D eigenvalue weighted by molar-refractivity contribution is 7.07. The van der Waals surface area contributed by atoms with E-state index in [2.05, 4.69) is 16.9 Å². The highest BCUT2D eigenvalue weighted by atomic mass is 35.5. The molecule has 0 saturated heterocycles. The second-order valence-corrected chi connectivity index (χ2v) is 6.81. The zero-order chi connectivity index (χ0) is 16.2. The molecule has 0 amide bonds. The molecular weight excluding hydrogens is 383 g/mol. The Labute approximate surface area is 161 Å². The molecule has 0 aliphatic rings. The summed E-state index contributed by atoms with van der Waals surface area (Å²) in [7, 11) is 0. The highest BCUT2D eigenvalue weighted by Crippen LogP contribution is 2.31. The number of hydrogen-bond acceptors (Lipinski definition) is 2.